The van der Waals surface area contributed by atoms with Crippen LogP contribution in [0.3, 0.4) is 0 Å². The first kappa shape index (κ1) is 13.8. The van der Waals surface area contributed by atoms with E-state index >= 15 is 0 Å². The number of alkyl halides is 4. The molecule has 0 fully saturated rings. The first-order chi connectivity index (χ1) is 7.83. The topological polar surface area (TPSA) is 32.3 Å². The SMILES string of the molecule is CC(NCC(F)(F)C(F)F)c1cccc(O)c1. The van der Waals surface area contributed by atoms with Crippen LogP contribution in [0.5, 0.6) is 5.75 Å². The largest absolute Gasteiger partial charge is 0.508 e. The van der Waals surface area contributed by atoms with Crippen LogP contribution in [0.25, 0.3) is 0 Å². The summed E-state index contributed by atoms with van der Waals surface area (Å²) in [5.41, 5.74) is 0.551. The van der Waals surface area contributed by atoms with E-state index in [-0.39, 0.29) is 5.75 Å². The number of phenols is 1. The fourth-order valence-corrected chi connectivity index (χ4v) is 1.28. The maximum Gasteiger partial charge on any atom is 0.319 e. The van der Waals surface area contributed by atoms with E-state index in [2.05, 4.69) is 5.32 Å². The van der Waals surface area contributed by atoms with Crippen molar-refractivity contribution in [2.45, 2.75) is 25.3 Å². The molecule has 0 radical (unpaired) electrons. The normalized spacial score (nSPS) is 14.0. The smallest absolute Gasteiger partial charge is 0.319 e. The van der Waals surface area contributed by atoms with Gasteiger partial charge in [-0.3, -0.25) is 0 Å². The third-order valence-corrected chi connectivity index (χ3v) is 2.33. The van der Waals surface area contributed by atoms with Crippen LogP contribution in [-0.2, 0) is 0 Å². The Morgan fingerprint density at radius 1 is 1.35 bits per heavy atom. The first-order valence-electron chi connectivity index (χ1n) is 5.01. The third-order valence-electron chi connectivity index (χ3n) is 2.33. The summed E-state index contributed by atoms with van der Waals surface area (Å²) in [4.78, 5) is 0. The summed E-state index contributed by atoms with van der Waals surface area (Å²) >= 11 is 0. The fraction of sp³-hybridized carbons (Fsp3) is 0.455. The molecule has 2 N–H and O–H groups in total. The monoisotopic (exact) mass is 251 g/mol. The van der Waals surface area contributed by atoms with Crippen molar-refractivity contribution in [3.63, 3.8) is 0 Å². The highest BCUT2D eigenvalue weighted by atomic mass is 19.3. The molecule has 1 aromatic carbocycles. The molecule has 0 aliphatic heterocycles. The zero-order valence-corrected chi connectivity index (χ0v) is 9.13. The van der Waals surface area contributed by atoms with Gasteiger partial charge in [-0.15, -0.1) is 0 Å². The van der Waals surface area contributed by atoms with Crippen LogP contribution >= 0.6 is 0 Å². The quantitative estimate of drug-likeness (QED) is 0.788. The number of aromatic hydroxyl groups is 1. The van der Waals surface area contributed by atoms with Gasteiger partial charge in [-0.25, -0.2) is 8.78 Å². The Bertz CT molecular complexity index is 370. The van der Waals surface area contributed by atoms with E-state index in [0.29, 0.717) is 5.56 Å². The minimum Gasteiger partial charge on any atom is -0.508 e. The summed E-state index contributed by atoms with van der Waals surface area (Å²) in [5.74, 6) is -4.05. The van der Waals surface area contributed by atoms with Crippen molar-refractivity contribution in [2.24, 2.45) is 0 Å². The molecule has 1 aromatic rings. The lowest BCUT2D eigenvalue weighted by Crippen LogP contribution is -2.39. The lowest BCUT2D eigenvalue weighted by Gasteiger charge is -2.20. The Balaban J connectivity index is 2.59. The highest BCUT2D eigenvalue weighted by Crippen LogP contribution is 2.24. The lowest BCUT2D eigenvalue weighted by molar-refractivity contribution is -0.126. The molecule has 0 saturated heterocycles. The number of benzene rings is 1. The predicted molar refractivity (Wildman–Crippen MR) is 55.5 cm³/mol. The average Bonchev–Trinajstić information content (AvgIpc) is 2.25. The van der Waals surface area contributed by atoms with Gasteiger partial charge in [0.05, 0.1) is 6.54 Å². The number of hydrogen-bond acceptors (Lipinski definition) is 2. The van der Waals surface area contributed by atoms with Crippen LogP contribution in [0.1, 0.15) is 18.5 Å². The average molecular weight is 251 g/mol. The molecule has 17 heavy (non-hydrogen) atoms. The minimum atomic E-state index is -4.05. The maximum absolute atomic E-state index is 12.6. The molecule has 1 rings (SSSR count). The third kappa shape index (κ3) is 3.89. The van der Waals surface area contributed by atoms with Crippen LogP contribution in [0.15, 0.2) is 24.3 Å². The van der Waals surface area contributed by atoms with Crippen molar-refractivity contribution < 1.29 is 22.7 Å². The molecule has 0 spiro atoms. The van der Waals surface area contributed by atoms with Crippen molar-refractivity contribution in [1.29, 1.82) is 0 Å². The Hall–Kier alpha value is -1.30. The van der Waals surface area contributed by atoms with Crippen molar-refractivity contribution in [3.05, 3.63) is 29.8 Å². The van der Waals surface area contributed by atoms with Crippen molar-refractivity contribution >= 4 is 0 Å². The van der Waals surface area contributed by atoms with E-state index in [1.165, 1.54) is 12.1 Å². The second kappa shape index (κ2) is 5.35. The number of hydrogen-bond donors (Lipinski definition) is 2. The molecule has 0 aromatic heterocycles. The molecule has 0 aliphatic carbocycles. The van der Waals surface area contributed by atoms with E-state index < -0.39 is 24.9 Å². The Morgan fingerprint density at radius 3 is 2.53 bits per heavy atom. The van der Waals surface area contributed by atoms with Gasteiger partial charge in [-0.1, -0.05) is 12.1 Å². The van der Waals surface area contributed by atoms with Gasteiger partial charge < -0.3 is 10.4 Å². The van der Waals surface area contributed by atoms with Crippen LogP contribution in [0, 0.1) is 0 Å². The van der Waals surface area contributed by atoms with Crippen LogP contribution < -0.4 is 5.32 Å². The fourth-order valence-electron chi connectivity index (χ4n) is 1.28. The van der Waals surface area contributed by atoms with Gasteiger partial charge in [0, 0.05) is 6.04 Å². The standard InChI is InChI=1S/C11H13F4NO/c1-7(8-3-2-4-9(17)5-8)16-6-11(14,15)10(12)13/h2-5,7,10,16-17H,6H2,1H3. The maximum atomic E-state index is 12.6. The zero-order chi connectivity index (χ0) is 13.1. The summed E-state index contributed by atoms with van der Waals surface area (Å²) < 4.78 is 49.1. The number of rotatable bonds is 5. The van der Waals surface area contributed by atoms with Crippen molar-refractivity contribution in [2.75, 3.05) is 6.54 Å². The summed E-state index contributed by atoms with van der Waals surface area (Å²) in [7, 11) is 0. The molecule has 2 nitrogen and oxygen atoms in total. The van der Waals surface area contributed by atoms with Gasteiger partial charge >= 0.3 is 12.3 Å². The molecule has 0 aliphatic rings. The van der Waals surface area contributed by atoms with Gasteiger partial charge in [0.2, 0.25) is 0 Å². The summed E-state index contributed by atoms with van der Waals surface area (Å²) in [6, 6.07) is 5.43. The number of phenolic OH excluding ortho intramolecular Hbond substituents is 1. The van der Waals surface area contributed by atoms with E-state index in [4.69, 9.17) is 0 Å². The number of halogens is 4. The Kier molecular flexibility index (Phi) is 4.34. The molecule has 0 heterocycles. The van der Waals surface area contributed by atoms with E-state index in [1.54, 1.807) is 19.1 Å². The highest BCUT2D eigenvalue weighted by Gasteiger charge is 2.40. The minimum absolute atomic E-state index is 0.00299. The van der Waals surface area contributed by atoms with Gasteiger partial charge in [-0.2, -0.15) is 8.78 Å². The molecule has 6 heteroatoms. The first-order valence-corrected chi connectivity index (χ1v) is 5.01. The Labute approximate surface area is 96.3 Å². The molecule has 0 amide bonds. The van der Waals surface area contributed by atoms with Crippen molar-refractivity contribution in [3.8, 4) is 5.75 Å². The highest BCUT2D eigenvalue weighted by molar-refractivity contribution is 5.29. The summed E-state index contributed by atoms with van der Waals surface area (Å²) in [5, 5.41) is 11.5. The predicted octanol–water partition coefficient (Wildman–Crippen LogP) is 2.94. The molecular weight excluding hydrogens is 238 g/mol. The second-order valence-electron chi connectivity index (χ2n) is 3.76. The van der Waals surface area contributed by atoms with Crippen LogP contribution in [0.2, 0.25) is 0 Å². The van der Waals surface area contributed by atoms with Crippen LogP contribution in [0.4, 0.5) is 17.6 Å². The van der Waals surface area contributed by atoms with Crippen LogP contribution in [-0.4, -0.2) is 24.0 Å². The summed E-state index contributed by atoms with van der Waals surface area (Å²) in [6.07, 6.45) is -3.69. The second-order valence-corrected chi connectivity index (χ2v) is 3.76. The molecule has 1 atom stereocenters. The summed E-state index contributed by atoms with van der Waals surface area (Å²) in [6.45, 7) is 0.442. The van der Waals surface area contributed by atoms with Gasteiger partial charge in [0.15, 0.2) is 0 Å². The van der Waals surface area contributed by atoms with Gasteiger partial charge in [-0.05, 0) is 24.6 Å². The van der Waals surface area contributed by atoms with E-state index in [0.717, 1.165) is 0 Å². The molecule has 0 saturated carbocycles. The Morgan fingerprint density at radius 2 is 2.00 bits per heavy atom. The zero-order valence-electron chi connectivity index (χ0n) is 9.13. The van der Waals surface area contributed by atoms with E-state index in [1.807, 2.05) is 0 Å². The van der Waals surface area contributed by atoms with E-state index in [9.17, 15) is 22.7 Å². The molecule has 1 unspecified atom stereocenters. The van der Waals surface area contributed by atoms with Crippen molar-refractivity contribution in [1.82, 2.24) is 5.32 Å². The number of nitrogens with one attached hydrogen (secondary N) is 1. The molecule has 96 valence electrons. The lowest BCUT2D eigenvalue weighted by atomic mass is 10.1. The van der Waals surface area contributed by atoms with Gasteiger partial charge in [0.1, 0.15) is 5.75 Å². The molecular formula is C11H13F4NO. The molecule has 0 bridgehead atoms. The van der Waals surface area contributed by atoms with Gasteiger partial charge in [0.25, 0.3) is 0 Å².